The lowest BCUT2D eigenvalue weighted by Gasteiger charge is -2.35. The quantitative estimate of drug-likeness (QED) is 0.493. The van der Waals surface area contributed by atoms with Crippen LogP contribution < -0.4 is 5.32 Å². The third kappa shape index (κ3) is 3.19. The zero-order valence-electron chi connectivity index (χ0n) is 13.6. The average Bonchev–Trinajstić information content (AvgIpc) is 2.57. The highest BCUT2D eigenvalue weighted by atomic mass is 16.6. The summed E-state index contributed by atoms with van der Waals surface area (Å²) >= 11 is 0. The topological polar surface area (TPSA) is 92.6 Å². The van der Waals surface area contributed by atoms with E-state index >= 15 is 0 Å². The van der Waals surface area contributed by atoms with Crippen molar-refractivity contribution in [2.75, 3.05) is 6.54 Å². The second kappa shape index (κ2) is 7.08. The fourth-order valence-corrected chi connectivity index (χ4v) is 2.72. The van der Waals surface area contributed by atoms with Crippen molar-refractivity contribution in [3.63, 3.8) is 0 Å². The molecule has 2 amide bonds. The number of hydrogen-bond donors (Lipinski definition) is 1. The van der Waals surface area contributed by atoms with Crippen LogP contribution in [-0.2, 0) is 4.79 Å². The highest BCUT2D eigenvalue weighted by Gasteiger charge is 2.34. The van der Waals surface area contributed by atoms with Crippen molar-refractivity contribution in [1.82, 2.24) is 10.2 Å². The van der Waals surface area contributed by atoms with Crippen molar-refractivity contribution in [3.8, 4) is 0 Å². The van der Waals surface area contributed by atoms with Crippen LogP contribution >= 0.6 is 0 Å². The third-order valence-corrected chi connectivity index (χ3v) is 3.97. The summed E-state index contributed by atoms with van der Waals surface area (Å²) in [6.07, 6.45) is 1.89. The lowest BCUT2D eigenvalue weighted by molar-refractivity contribution is -0.384. The fraction of sp³-hybridized carbons (Fsp3) is 0.294. The number of non-ortho nitro benzene ring substituents is 1. The van der Waals surface area contributed by atoms with Gasteiger partial charge in [0.25, 0.3) is 5.69 Å². The Morgan fingerprint density at radius 1 is 1.42 bits per heavy atom. The van der Waals surface area contributed by atoms with Crippen LogP contribution in [0.2, 0.25) is 0 Å². The number of carbonyl (C=O) groups is 2. The SMILES string of the molecule is C=CCN1C(=O)NC(c2ccc([N+](=O)[O-])cc2)C(C(=O)CC)=C1C. The van der Waals surface area contributed by atoms with Gasteiger partial charge in [0.1, 0.15) is 0 Å². The maximum Gasteiger partial charge on any atom is 0.322 e. The van der Waals surface area contributed by atoms with Gasteiger partial charge in [0.2, 0.25) is 0 Å². The van der Waals surface area contributed by atoms with Crippen LogP contribution in [0.25, 0.3) is 0 Å². The molecule has 1 atom stereocenters. The highest BCUT2D eigenvalue weighted by molar-refractivity contribution is 5.99. The molecule has 1 aromatic carbocycles. The number of nitrogens with zero attached hydrogens (tertiary/aromatic N) is 2. The summed E-state index contributed by atoms with van der Waals surface area (Å²) in [5.41, 5.74) is 1.66. The maximum atomic E-state index is 12.4. The normalized spacial score (nSPS) is 17.5. The minimum absolute atomic E-state index is 0.0433. The largest absolute Gasteiger partial charge is 0.327 e. The van der Waals surface area contributed by atoms with Crippen LogP contribution in [0.4, 0.5) is 10.5 Å². The number of ketones is 1. The molecule has 1 aliphatic rings. The molecule has 0 spiro atoms. The van der Waals surface area contributed by atoms with Crippen LogP contribution in [0.15, 0.2) is 48.2 Å². The standard InChI is InChI=1S/C17H19N3O4/c1-4-10-19-11(3)15(14(21)5-2)16(18-17(19)22)12-6-8-13(9-7-12)20(23)24/h4,6-9,16H,1,5,10H2,2-3H3,(H,18,22). The second-order valence-electron chi connectivity index (χ2n) is 5.41. The monoisotopic (exact) mass is 329 g/mol. The van der Waals surface area contributed by atoms with Crippen LogP contribution in [0.1, 0.15) is 31.9 Å². The number of amides is 2. The van der Waals surface area contributed by atoms with Crippen LogP contribution in [0.5, 0.6) is 0 Å². The number of hydrogen-bond acceptors (Lipinski definition) is 4. The minimum Gasteiger partial charge on any atom is -0.327 e. The number of nitro groups is 1. The van der Waals surface area contributed by atoms with Gasteiger partial charge >= 0.3 is 6.03 Å². The molecule has 1 aliphatic heterocycles. The van der Waals surface area contributed by atoms with Gasteiger partial charge in [-0.25, -0.2) is 4.79 Å². The Kier molecular flexibility index (Phi) is 5.13. The number of nitro benzene ring substituents is 1. The van der Waals surface area contributed by atoms with Gasteiger partial charge in [0.05, 0.1) is 11.0 Å². The molecular weight excluding hydrogens is 310 g/mol. The molecule has 0 bridgehead atoms. The molecule has 1 aromatic rings. The van der Waals surface area contributed by atoms with Crippen LogP contribution in [0, 0.1) is 10.1 Å². The maximum absolute atomic E-state index is 12.4. The van der Waals surface area contributed by atoms with E-state index in [-0.39, 0.29) is 17.5 Å². The molecule has 0 radical (unpaired) electrons. The molecule has 7 heteroatoms. The Hall–Kier alpha value is -2.96. The summed E-state index contributed by atoms with van der Waals surface area (Å²) in [6, 6.07) is 4.89. The molecular formula is C17H19N3O4. The van der Waals surface area contributed by atoms with E-state index in [0.29, 0.717) is 29.8 Å². The molecule has 0 aliphatic carbocycles. The van der Waals surface area contributed by atoms with Gasteiger partial charge in [-0.1, -0.05) is 13.0 Å². The van der Waals surface area contributed by atoms with E-state index in [1.54, 1.807) is 32.1 Å². The van der Waals surface area contributed by atoms with Crippen molar-refractivity contribution in [2.45, 2.75) is 26.3 Å². The van der Waals surface area contributed by atoms with Gasteiger partial charge in [-0.2, -0.15) is 0 Å². The lowest BCUT2D eigenvalue weighted by atomic mass is 9.91. The van der Waals surface area contributed by atoms with E-state index in [1.165, 1.54) is 17.0 Å². The van der Waals surface area contributed by atoms with Crippen molar-refractivity contribution in [1.29, 1.82) is 0 Å². The zero-order valence-corrected chi connectivity index (χ0v) is 13.6. The van der Waals surface area contributed by atoms with E-state index < -0.39 is 11.0 Å². The first-order valence-corrected chi connectivity index (χ1v) is 7.57. The summed E-state index contributed by atoms with van der Waals surface area (Å²) in [7, 11) is 0. The second-order valence-corrected chi connectivity index (χ2v) is 5.41. The predicted octanol–water partition coefficient (Wildman–Crippen LogP) is 3.10. The van der Waals surface area contributed by atoms with E-state index in [0.717, 1.165) is 0 Å². The van der Waals surface area contributed by atoms with Crippen molar-refractivity contribution < 1.29 is 14.5 Å². The molecule has 126 valence electrons. The summed E-state index contributed by atoms with van der Waals surface area (Å²) < 4.78 is 0. The number of allylic oxidation sites excluding steroid dienone is 1. The molecule has 0 saturated heterocycles. The van der Waals surface area contributed by atoms with Gasteiger partial charge in [0, 0.05) is 36.4 Å². The van der Waals surface area contributed by atoms with Crippen molar-refractivity contribution >= 4 is 17.5 Å². The zero-order chi connectivity index (χ0) is 17.9. The summed E-state index contributed by atoms with van der Waals surface area (Å²) in [4.78, 5) is 36.5. The smallest absolute Gasteiger partial charge is 0.322 e. The molecule has 0 aromatic heterocycles. The number of rotatable bonds is 6. The molecule has 0 fully saturated rings. The van der Waals surface area contributed by atoms with Gasteiger partial charge in [-0.3, -0.25) is 19.8 Å². The van der Waals surface area contributed by atoms with Crippen LogP contribution in [-0.4, -0.2) is 28.2 Å². The van der Waals surface area contributed by atoms with Gasteiger partial charge < -0.3 is 5.32 Å². The number of nitrogens with one attached hydrogen (secondary N) is 1. The number of carbonyl (C=O) groups excluding carboxylic acids is 2. The Bertz CT molecular complexity index is 722. The molecule has 1 heterocycles. The Morgan fingerprint density at radius 3 is 2.54 bits per heavy atom. The minimum atomic E-state index is -0.619. The third-order valence-electron chi connectivity index (χ3n) is 3.97. The summed E-state index contributed by atoms with van der Waals surface area (Å²) in [5.74, 6) is -0.0788. The molecule has 0 saturated carbocycles. The van der Waals surface area contributed by atoms with Gasteiger partial charge in [0.15, 0.2) is 5.78 Å². The van der Waals surface area contributed by atoms with Crippen LogP contribution in [0.3, 0.4) is 0 Å². The fourth-order valence-electron chi connectivity index (χ4n) is 2.72. The van der Waals surface area contributed by atoms with Gasteiger partial charge in [-0.05, 0) is 24.6 Å². The number of benzene rings is 1. The average molecular weight is 329 g/mol. The molecule has 1 unspecified atom stereocenters. The summed E-state index contributed by atoms with van der Waals surface area (Å²) in [6.45, 7) is 7.40. The Morgan fingerprint density at radius 2 is 2.04 bits per heavy atom. The first kappa shape index (κ1) is 17.4. The Balaban J connectivity index is 2.50. The number of Topliss-reactive ketones (excluding diaryl/α,β-unsaturated/α-hetero) is 1. The molecule has 7 nitrogen and oxygen atoms in total. The molecule has 24 heavy (non-hydrogen) atoms. The van der Waals surface area contributed by atoms with E-state index in [9.17, 15) is 19.7 Å². The van der Waals surface area contributed by atoms with Gasteiger partial charge in [-0.15, -0.1) is 6.58 Å². The first-order chi connectivity index (χ1) is 11.4. The van der Waals surface area contributed by atoms with E-state index in [4.69, 9.17) is 0 Å². The Labute approximate surface area is 139 Å². The number of urea groups is 1. The van der Waals surface area contributed by atoms with E-state index in [2.05, 4.69) is 11.9 Å². The predicted molar refractivity (Wildman–Crippen MR) is 89.3 cm³/mol. The molecule has 1 N–H and O–H groups in total. The first-order valence-electron chi connectivity index (χ1n) is 7.57. The lowest BCUT2D eigenvalue weighted by Crippen LogP contribution is -2.47. The highest BCUT2D eigenvalue weighted by Crippen LogP contribution is 2.32. The summed E-state index contributed by atoms with van der Waals surface area (Å²) in [5, 5.41) is 13.6. The van der Waals surface area contributed by atoms with Crippen molar-refractivity contribution in [3.05, 3.63) is 63.9 Å². The van der Waals surface area contributed by atoms with Crippen molar-refractivity contribution in [2.24, 2.45) is 0 Å². The van der Waals surface area contributed by atoms with E-state index in [1.807, 2.05) is 0 Å². The molecule has 2 rings (SSSR count).